The number of aliphatic hydroxyl groups is 3. The number of H-pyrrole nitrogens is 1. The van der Waals surface area contributed by atoms with Crippen molar-refractivity contribution in [2.24, 2.45) is 0 Å². The summed E-state index contributed by atoms with van der Waals surface area (Å²) in [5.74, 6) is 0. The number of ether oxygens (including phenoxy) is 1. The Morgan fingerprint density at radius 1 is 1.40 bits per heavy atom. The molecule has 2 unspecified atom stereocenters. The fourth-order valence-electron chi connectivity index (χ4n) is 1.99. The van der Waals surface area contributed by atoms with Crippen LogP contribution < -0.4 is 11.2 Å². The molecule has 2 rings (SSSR count). The normalized spacial score (nSPS) is 30.2. The minimum atomic E-state index is -1.39. The molecule has 2 heterocycles. The highest BCUT2D eigenvalue weighted by molar-refractivity contribution is 9.11. The van der Waals surface area contributed by atoms with Crippen molar-refractivity contribution in [3.63, 3.8) is 0 Å². The lowest BCUT2D eigenvalue weighted by atomic mass is 10.1. The van der Waals surface area contributed by atoms with Gasteiger partial charge < -0.3 is 20.1 Å². The van der Waals surface area contributed by atoms with E-state index in [1.807, 2.05) is 0 Å². The Kier molecular flexibility index (Phi) is 4.55. The highest BCUT2D eigenvalue weighted by Crippen LogP contribution is 2.27. The van der Waals surface area contributed by atoms with Crippen molar-refractivity contribution in [2.45, 2.75) is 24.5 Å². The first-order chi connectivity index (χ1) is 9.49. The van der Waals surface area contributed by atoms with Gasteiger partial charge in [-0.25, -0.2) is 4.79 Å². The SMILES string of the molecule is O=c1[nH]c(=O)n([C@H]2O[C@@H](CO)C(O)C2O)cc1/C=C\Br. The third kappa shape index (κ3) is 2.63. The van der Waals surface area contributed by atoms with Crippen LogP contribution in [0, 0.1) is 0 Å². The van der Waals surface area contributed by atoms with Crippen LogP contribution in [0.25, 0.3) is 6.08 Å². The van der Waals surface area contributed by atoms with Crippen LogP contribution in [-0.2, 0) is 4.74 Å². The summed E-state index contributed by atoms with van der Waals surface area (Å²) in [7, 11) is 0. The Morgan fingerprint density at radius 2 is 2.10 bits per heavy atom. The van der Waals surface area contributed by atoms with Gasteiger partial charge in [0.25, 0.3) is 5.56 Å². The van der Waals surface area contributed by atoms with E-state index in [0.29, 0.717) is 0 Å². The van der Waals surface area contributed by atoms with Gasteiger partial charge in [0, 0.05) is 6.20 Å². The van der Waals surface area contributed by atoms with Crippen molar-refractivity contribution in [1.29, 1.82) is 0 Å². The molecule has 8 nitrogen and oxygen atoms in total. The first-order valence-corrected chi connectivity index (χ1v) is 6.66. The Morgan fingerprint density at radius 3 is 2.65 bits per heavy atom. The van der Waals surface area contributed by atoms with Crippen LogP contribution in [0.4, 0.5) is 0 Å². The van der Waals surface area contributed by atoms with Crippen LogP contribution in [-0.4, -0.2) is 49.8 Å². The van der Waals surface area contributed by atoms with E-state index >= 15 is 0 Å². The average molecular weight is 349 g/mol. The van der Waals surface area contributed by atoms with Gasteiger partial charge in [-0.05, 0) is 11.1 Å². The zero-order chi connectivity index (χ0) is 14.9. The molecule has 1 aromatic heterocycles. The third-order valence-corrected chi connectivity index (χ3v) is 3.29. The number of aromatic nitrogens is 2. The molecule has 0 bridgehead atoms. The van der Waals surface area contributed by atoms with E-state index in [9.17, 15) is 19.8 Å². The van der Waals surface area contributed by atoms with Gasteiger partial charge in [-0.1, -0.05) is 15.9 Å². The average Bonchev–Trinajstić information content (AvgIpc) is 2.70. The van der Waals surface area contributed by atoms with Gasteiger partial charge in [-0.2, -0.15) is 0 Å². The predicted molar refractivity (Wildman–Crippen MR) is 72.3 cm³/mol. The van der Waals surface area contributed by atoms with Gasteiger partial charge in [-0.3, -0.25) is 14.3 Å². The van der Waals surface area contributed by atoms with Crippen molar-refractivity contribution in [3.05, 3.63) is 37.6 Å². The zero-order valence-corrected chi connectivity index (χ0v) is 11.7. The second-order valence-electron chi connectivity index (χ2n) is 4.27. The monoisotopic (exact) mass is 348 g/mol. The summed E-state index contributed by atoms with van der Waals surface area (Å²) in [4.78, 5) is 26.8. The van der Waals surface area contributed by atoms with E-state index < -0.39 is 42.4 Å². The lowest BCUT2D eigenvalue weighted by molar-refractivity contribution is -0.0550. The van der Waals surface area contributed by atoms with E-state index in [1.54, 1.807) is 0 Å². The number of hydrogen-bond donors (Lipinski definition) is 4. The summed E-state index contributed by atoms with van der Waals surface area (Å²) in [6.07, 6.45) is -2.27. The lowest BCUT2D eigenvalue weighted by Crippen LogP contribution is -2.38. The minimum absolute atomic E-state index is 0.166. The molecular weight excluding hydrogens is 336 g/mol. The Hall–Kier alpha value is -1.26. The molecule has 4 N–H and O–H groups in total. The Bertz CT molecular complexity index is 624. The smallest absolute Gasteiger partial charge is 0.330 e. The first-order valence-electron chi connectivity index (χ1n) is 5.74. The maximum atomic E-state index is 11.8. The molecule has 110 valence electrons. The largest absolute Gasteiger partial charge is 0.394 e. The van der Waals surface area contributed by atoms with Crippen molar-refractivity contribution < 1.29 is 20.1 Å². The molecule has 1 fully saturated rings. The van der Waals surface area contributed by atoms with E-state index in [2.05, 4.69) is 20.9 Å². The number of hydrogen-bond acceptors (Lipinski definition) is 6. The lowest BCUT2D eigenvalue weighted by Gasteiger charge is -2.17. The number of aromatic amines is 1. The van der Waals surface area contributed by atoms with Gasteiger partial charge in [0.2, 0.25) is 0 Å². The highest BCUT2D eigenvalue weighted by atomic mass is 79.9. The first kappa shape index (κ1) is 15.1. The number of aliphatic hydroxyl groups excluding tert-OH is 3. The molecule has 0 aliphatic carbocycles. The van der Waals surface area contributed by atoms with Gasteiger partial charge >= 0.3 is 5.69 Å². The molecule has 0 spiro atoms. The standard InChI is InChI=1S/C11H13BrN2O6/c12-2-1-5-3-14(11(19)13-9(5)18)10-8(17)7(16)6(4-15)20-10/h1-3,6-8,10,15-17H,4H2,(H,13,18,19)/b2-1-/t6-,7?,8?,10-/m0/s1. The summed E-state index contributed by atoms with van der Waals surface area (Å²) in [5, 5.41) is 28.5. The van der Waals surface area contributed by atoms with Gasteiger partial charge in [-0.15, -0.1) is 0 Å². The van der Waals surface area contributed by atoms with E-state index in [4.69, 9.17) is 9.84 Å². The molecule has 1 aliphatic rings. The molecule has 0 amide bonds. The maximum absolute atomic E-state index is 11.8. The second kappa shape index (κ2) is 6.02. The molecule has 20 heavy (non-hydrogen) atoms. The summed E-state index contributed by atoms with van der Waals surface area (Å²) in [6.45, 7) is -0.499. The van der Waals surface area contributed by atoms with Crippen LogP contribution >= 0.6 is 15.9 Å². The summed E-state index contributed by atoms with van der Waals surface area (Å²) >= 11 is 3.01. The van der Waals surface area contributed by atoms with Crippen LogP contribution in [0.2, 0.25) is 0 Å². The molecule has 1 aromatic rings. The Labute approximate surface area is 121 Å². The zero-order valence-electron chi connectivity index (χ0n) is 10.1. The van der Waals surface area contributed by atoms with Gasteiger partial charge in [0.1, 0.15) is 18.3 Å². The van der Waals surface area contributed by atoms with Crippen molar-refractivity contribution >= 4 is 22.0 Å². The number of halogens is 1. The van der Waals surface area contributed by atoms with E-state index in [1.165, 1.54) is 17.3 Å². The third-order valence-electron chi connectivity index (χ3n) is 3.03. The molecule has 9 heteroatoms. The highest BCUT2D eigenvalue weighted by Gasteiger charge is 2.43. The fraction of sp³-hybridized carbons (Fsp3) is 0.455. The van der Waals surface area contributed by atoms with Gasteiger partial charge in [0.15, 0.2) is 6.23 Å². The minimum Gasteiger partial charge on any atom is -0.394 e. The maximum Gasteiger partial charge on any atom is 0.330 e. The summed E-state index contributed by atoms with van der Waals surface area (Å²) in [5.41, 5.74) is -1.20. The molecule has 0 saturated carbocycles. The molecule has 1 aliphatic heterocycles. The fourth-order valence-corrected chi connectivity index (χ4v) is 2.27. The van der Waals surface area contributed by atoms with Crippen LogP contribution in [0.15, 0.2) is 20.8 Å². The number of rotatable bonds is 3. The van der Waals surface area contributed by atoms with E-state index in [-0.39, 0.29) is 5.56 Å². The van der Waals surface area contributed by atoms with Crippen molar-refractivity contribution in [1.82, 2.24) is 9.55 Å². The van der Waals surface area contributed by atoms with Crippen LogP contribution in [0.3, 0.4) is 0 Å². The molecular formula is C11H13BrN2O6. The Balaban J connectivity index is 2.46. The topological polar surface area (TPSA) is 125 Å². The molecule has 0 aromatic carbocycles. The summed E-state index contributed by atoms with van der Waals surface area (Å²) in [6, 6.07) is 0. The van der Waals surface area contributed by atoms with E-state index in [0.717, 1.165) is 4.57 Å². The predicted octanol–water partition coefficient (Wildman–Crippen LogP) is -1.49. The quantitative estimate of drug-likeness (QED) is 0.527. The van der Waals surface area contributed by atoms with Crippen molar-refractivity contribution in [3.8, 4) is 0 Å². The number of nitrogens with one attached hydrogen (secondary N) is 1. The van der Waals surface area contributed by atoms with Crippen molar-refractivity contribution in [2.75, 3.05) is 6.61 Å². The molecule has 1 saturated heterocycles. The van der Waals surface area contributed by atoms with Crippen LogP contribution in [0.1, 0.15) is 11.8 Å². The number of nitrogens with zero attached hydrogens (tertiary/aromatic N) is 1. The summed E-state index contributed by atoms with van der Waals surface area (Å²) < 4.78 is 6.20. The molecule has 0 radical (unpaired) electrons. The molecule has 4 atom stereocenters. The van der Waals surface area contributed by atoms with Gasteiger partial charge in [0.05, 0.1) is 12.2 Å². The second-order valence-corrected chi connectivity index (χ2v) is 4.80. The van der Waals surface area contributed by atoms with Crippen LogP contribution in [0.5, 0.6) is 0 Å².